The van der Waals surface area contributed by atoms with Crippen LogP contribution in [0, 0.1) is 34.0 Å². The zero-order chi connectivity index (χ0) is 33.8. The van der Waals surface area contributed by atoms with Crippen LogP contribution in [0.1, 0.15) is 46.5 Å². The highest BCUT2D eigenvalue weighted by Crippen LogP contribution is 2.41. The van der Waals surface area contributed by atoms with Gasteiger partial charge in [-0.05, 0) is 103 Å². The first-order valence-electron chi connectivity index (χ1n) is 16.9. The van der Waals surface area contributed by atoms with E-state index in [4.69, 9.17) is 0 Å². The van der Waals surface area contributed by atoms with Gasteiger partial charge in [0.1, 0.15) is 6.07 Å². The van der Waals surface area contributed by atoms with Crippen LogP contribution in [0.4, 0.5) is 0 Å². The van der Waals surface area contributed by atoms with Gasteiger partial charge < -0.3 is 9.13 Å². The number of nitriles is 3. The monoisotopic (exact) mass is 639 g/mol. The molecule has 9 rings (SSSR count). The number of rotatable bonds is 4. The summed E-state index contributed by atoms with van der Waals surface area (Å²) < 4.78 is 4.52. The summed E-state index contributed by atoms with van der Waals surface area (Å²) in [6.07, 6.45) is 9.84. The lowest BCUT2D eigenvalue weighted by atomic mass is 9.93. The molecule has 2 aliphatic rings. The van der Waals surface area contributed by atoms with E-state index in [2.05, 4.69) is 106 Å². The van der Waals surface area contributed by atoms with Gasteiger partial charge in [0.25, 0.3) is 0 Å². The maximum Gasteiger partial charge on any atom is 0.101 e. The van der Waals surface area contributed by atoms with Crippen molar-refractivity contribution >= 4 is 34.0 Å². The van der Waals surface area contributed by atoms with Crippen LogP contribution in [0.3, 0.4) is 0 Å². The van der Waals surface area contributed by atoms with E-state index >= 15 is 0 Å². The molecule has 0 saturated heterocycles. The fourth-order valence-electron chi connectivity index (χ4n) is 8.00. The van der Waals surface area contributed by atoms with Gasteiger partial charge in [0.2, 0.25) is 0 Å². The quantitative estimate of drug-likeness (QED) is 0.192. The molecule has 234 valence electrons. The zero-order valence-corrected chi connectivity index (χ0v) is 27.2. The van der Waals surface area contributed by atoms with Gasteiger partial charge in [0.15, 0.2) is 0 Å². The first-order chi connectivity index (χ1) is 24.7. The first kappa shape index (κ1) is 29.3. The topological polar surface area (TPSA) is 81.2 Å². The van der Waals surface area contributed by atoms with Crippen molar-refractivity contribution in [1.82, 2.24) is 9.13 Å². The lowest BCUT2D eigenvalue weighted by Gasteiger charge is -2.18. The summed E-state index contributed by atoms with van der Waals surface area (Å²) in [6, 6.07) is 44.4. The summed E-state index contributed by atoms with van der Waals surface area (Å²) in [5.74, 6) is 0. The van der Waals surface area contributed by atoms with E-state index in [1.54, 1.807) is 0 Å². The van der Waals surface area contributed by atoms with Crippen LogP contribution in [0.5, 0.6) is 0 Å². The highest BCUT2D eigenvalue weighted by Gasteiger charge is 2.24. The summed E-state index contributed by atoms with van der Waals surface area (Å²) >= 11 is 0. The molecule has 0 fully saturated rings. The van der Waals surface area contributed by atoms with Gasteiger partial charge in [-0.15, -0.1) is 0 Å². The van der Waals surface area contributed by atoms with Crippen LogP contribution < -0.4 is 0 Å². The highest BCUT2D eigenvalue weighted by molar-refractivity contribution is 5.96. The summed E-state index contributed by atoms with van der Waals surface area (Å²) in [5.41, 5.74) is 14.4. The fourth-order valence-corrected chi connectivity index (χ4v) is 8.00. The molecule has 0 atom stereocenters. The average Bonchev–Trinajstić information content (AvgIpc) is 3.70. The Morgan fingerprint density at radius 1 is 0.560 bits per heavy atom. The van der Waals surface area contributed by atoms with Gasteiger partial charge in [0, 0.05) is 38.9 Å². The molecule has 0 saturated carbocycles. The van der Waals surface area contributed by atoms with Crippen LogP contribution in [0.25, 0.3) is 67.6 Å². The molecule has 2 heterocycles. The van der Waals surface area contributed by atoms with Gasteiger partial charge in [-0.1, -0.05) is 72.8 Å². The molecule has 5 heteroatoms. The summed E-state index contributed by atoms with van der Waals surface area (Å²) in [7, 11) is 0. The maximum atomic E-state index is 10.4. The smallest absolute Gasteiger partial charge is 0.101 e. The molecule has 0 spiro atoms. The molecule has 0 N–H and O–H groups in total. The molecule has 0 aliphatic heterocycles. The second kappa shape index (κ2) is 11.7. The first-order valence-corrected chi connectivity index (χ1v) is 16.9. The Hall–Kier alpha value is -6.87. The summed E-state index contributed by atoms with van der Waals surface area (Å²) in [6.45, 7) is 0. The van der Waals surface area contributed by atoms with Crippen LogP contribution in [-0.4, -0.2) is 9.13 Å². The van der Waals surface area contributed by atoms with Crippen molar-refractivity contribution in [2.45, 2.75) is 25.7 Å². The molecular formula is C45H29N5. The van der Waals surface area contributed by atoms with Crippen LogP contribution in [-0.2, 0) is 12.8 Å². The number of fused-ring (bicyclic) bond motifs is 6. The number of hydrogen-bond donors (Lipinski definition) is 0. The van der Waals surface area contributed by atoms with E-state index in [0.717, 1.165) is 79.7 Å². The molecule has 0 amide bonds. The SMILES string of the molecule is N#CC1=Cc2c(n(-c3cc(-c4cccc(-c5c(C#N)cccc5-n5c6c(c7ccccc75)CCC=C6)c4)ccc3C#N)c3ccccc23)CC1. The number of benzene rings is 5. The van der Waals surface area contributed by atoms with E-state index in [9.17, 15) is 15.8 Å². The minimum Gasteiger partial charge on any atom is -0.312 e. The predicted octanol–water partition coefficient (Wildman–Crippen LogP) is 10.5. The molecule has 5 nitrogen and oxygen atoms in total. The number of nitrogens with zero attached hydrogens (tertiary/aromatic N) is 5. The molecule has 0 unspecified atom stereocenters. The minimum absolute atomic E-state index is 0.581. The standard InChI is InChI=1S/C45H29N5/c46-26-29-19-22-42-38(23-29)37-14-3-6-17-41(37)50(42)44-25-31(20-21-33(44)27-47)30-9-7-10-32(24-30)45-34(28-48)11-8-18-43(45)49-39-15-4-1-12-35(39)36-13-2-5-16-40(36)49/h1,3-12,14-18,20-21,23-25H,2,13,19,22H2. The number of aromatic nitrogens is 2. The van der Waals surface area contributed by atoms with E-state index in [0.29, 0.717) is 24.0 Å². The zero-order valence-electron chi connectivity index (χ0n) is 27.2. The van der Waals surface area contributed by atoms with Crippen molar-refractivity contribution in [1.29, 1.82) is 15.8 Å². The van der Waals surface area contributed by atoms with E-state index < -0.39 is 0 Å². The van der Waals surface area contributed by atoms with Gasteiger partial charge in [-0.25, -0.2) is 0 Å². The van der Waals surface area contributed by atoms with Gasteiger partial charge in [-0.2, -0.15) is 15.8 Å². The van der Waals surface area contributed by atoms with Crippen molar-refractivity contribution in [3.05, 3.63) is 154 Å². The van der Waals surface area contributed by atoms with Gasteiger partial charge in [-0.3, -0.25) is 0 Å². The molecule has 5 aromatic carbocycles. The van der Waals surface area contributed by atoms with E-state index in [1.165, 1.54) is 16.6 Å². The normalized spacial score (nSPS) is 13.3. The number of aryl methyl sites for hydroxylation is 1. The van der Waals surface area contributed by atoms with E-state index in [-0.39, 0.29) is 0 Å². The maximum absolute atomic E-state index is 10.4. The lowest BCUT2D eigenvalue weighted by molar-refractivity contribution is 0.870. The van der Waals surface area contributed by atoms with E-state index in [1.807, 2.05) is 48.5 Å². The molecule has 2 aliphatic carbocycles. The lowest BCUT2D eigenvalue weighted by Crippen LogP contribution is -2.06. The summed E-state index contributed by atoms with van der Waals surface area (Å²) in [4.78, 5) is 0. The largest absolute Gasteiger partial charge is 0.312 e. The third-order valence-electron chi connectivity index (χ3n) is 10.2. The van der Waals surface area contributed by atoms with Crippen molar-refractivity contribution in [3.63, 3.8) is 0 Å². The molecular weight excluding hydrogens is 611 g/mol. The number of para-hydroxylation sites is 2. The molecule has 50 heavy (non-hydrogen) atoms. The molecule has 7 aromatic rings. The van der Waals surface area contributed by atoms with Gasteiger partial charge in [0.05, 0.1) is 45.7 Å². The second-order valence-corrected chi connectivity index (χ2v) is 12.9. The predicted molar refractivity (Wildman–Crippen MR) is 200 cm³/mol. The van der Waals surface area contributed by atoms with Crippen LogP contribution in [0.2, 0.25) is 0 Å². The Kier molecular flexibility index (Phi) is 6.84. The van der Waals surface area contributed by atoms with Crippen molar-refractivity contribution < 1.29 is 0 Å². The Labute approximate surface area is 290 Å². The highest BCUT2D eigenvalue weighted by atomic mass is 15.0. The molecule has 0 bridgehead atoms. The van der Waals surface area contributed by atoms with Crippen LogP contribution in [0.15, 0.2) is 121 Å². The van der Waals surface area contributed by atoms with Crippen LogP contribution >= 0.6 is 0 Å². The minimum atomic E-state index is 0.581. The Balaban J connectivity index is 1.23. The van der Waals surface area contributed by atoms with Crippen molar-refractivity contribution in [3.8, 4) is 51.8 Å². The second-order valence-electron chi connectivity index (χ2n) is 12.9. The third-order valence-corrected chi connectivity index (χ3v) is 10.2. The van der Waals surface area contributed by atoms with Gasteiger partial charge >= 0.3 is 0 Å². The Morgan fingerprint density at radius 2 is 1.30 bits per heavy atom. The Bertz CT molecular complexity index is 2750. The third kappa shape index (κ3) is 4.44. The fraction of sp³-hybridized carbons (Fsp3) is 0.0889. The molecule has 0 radical (unpaired) electrons. The van der Waals surface area contributed by atoms with Crippen molar-refractivity contribution in [2.24, 2.45) is 0 Å². The number of hydrogen-bond acceptors (Lipinski definition) is 3. The molecule has 2 aromatic heterocycles. The average molecular weight is 640 g/mol. The Morgan fingerprint density at radius 3 is 2.12 bits per heavy atom. The number of allylic oxidation sites excluding steroid dienone is 2. The van der Waals surface area contributed by atoms with Crippen molar-refractivity contribution in [2.75, 3.05) is 0 Å². The summed E-state index contributed by atoms with van der Waals surface area (Å²) in [5, 5.41) is 32.7.